The van der Waals surface area contributed by atoms with Gasteiger partial charge in [-0.1, -0.05) is 25.8 Å². The molecule has 2 atom stereocenters. The van der Waals surface area contributed by atoms with E-state index in [2.05, 4.69) is 17.1 Å². The Kier molecular flexibility index (Phi) is 7.39. The number of nitrogens with one attached hydrogen (secondary N) is 1. The predicted octanol–water partition coefficient (Wildman–Crippen LogP) is 4.10. The summed E-state index contributed by atoms with van der Waals surface area (Å²) in [5.74, 6) is 2.23. The van der Waals surface area contributed by atoms with Crippen molar-refractivity contribution in [3.05, 3.63) is 23.8 Å². The minimum Gasteiger partial charge on any atom is -0.496 e. The van der Waals surface area contributed by atoms with Crippen LogP contribution < -0.4 is 14.8 Å². The maximum atomic E-state index is 12.0. The topological polar surface area (TPSA) is 67.9 Å². The minimum atomic E-state index is -0.0738. The molecule has 2 unspecified atom stereocenters. The second kappa shape index (κ2) is 10.2. The second-order valence-corrected chi connectivity index (χ2v) is 9.91. The molecule has 0 aromatic heterocycles. The standard InChI is InChI=1S/C26H38N2O4/c1-3-13-28(20-15-21-22(31-2)10-6-11-23(21)32-18-20)14-5-4-8-19-9-7-12-26(19)16-24(29)27-25(30)17-26/h6,10-11,19-20H,3-5,7-9,12-18H2,1-2H3,(H,27,29,30). The van der Waals surface area contributed by atoms with Crippen molar-refractivity contribution in [2.45, 2.75) is 77.2 Å². The molecule has 2 aliphatic heterocycles. The lowest BCUT2D eigenvalue weighted by Crippen LogP contribution is -2.46. The van der Waals surface area contributed by atoms with Crippen LogP contribution in [0.15, 0.2) is 18.2 Å². The van der Waals surface area contributed by atoms with Gasteiger partial charge in [0.15, 0.2) is 0 Å². The fraction of sp³-hybridized carbons (Fsp3) is 0.692. The number of unbranched alkanes of at least 4 members (excludes halogenated alkanes) is 1. The van der Waals surface area contributed by atoms with Gasteiger partial charge in [-0.3, -0.25) is 19.8 Å². The molecule has 1 spiro atoms. The maximum Gasteiger partial charge on any atom is 0.227 e. The lowest BCUT2D eigenvalue weighted by atomic mass is 9.69. The van der Waals surface area contributed by atoms with Crippen LogP contribution in [-0.2, 0) is 16.0 Å². The van der Waals surface area contributed by atoms with Crippen LogP contribution in [0.5, 0.6) is 11.5 Å². The smallest absolute Gasteiger partial charge is 0.227 e. The zero-order chi connectivity index (χ0) is 22.6. The Morgan fingerprint density at radius 3 is 2.75 bits per heavy atom. The predicted molar refractivity (Wildman–Crippen MR) is 124 cm³/mol. The molecule has 1 N–H and O–H groups in total. The first-order chi connectivity index (χ1) is 15.5. The van der Waals surface area contributed by atoms with E-state index in [1.165, 1.54) is 5.56 Å². The zero-order valence-electron chi connectivity index (χ0n) is 19.7. The van der Waals surface area contributed by atoms with E-state index in [0.29, 0.717) is 24.8 Å². The summed E-state index contributed by atoms with van der Waals surface area (Å²) in [4.78, 5) is 26.6. The Morgan fingerprint density at radius 2 is 2.00 bits per heavy atom. The number of benzene rings is 1. The molecule has 1 saturated carbocycles. The van der Waals surface area contributed by atoms with Crippen LogP contribution in [0.1, 0.15) is 70.3 Å². The Labute approximate surface area is 192 Å². The van der Waals surface area contributed by atoms with Crippen molar-refractivity contribution in [3.8, 4) is 11.5 Å². The molecule has 1 aromatic rings. The number of amides is 2. The molecule has 6 nitrogen and oxygen atoms in total. The van der Waals surface area contributed by atoms with Crippen LogP contribution in [-0.4, -0.2) is 49.6 Å². The van der Waals surface area contributed by atoms with E-state index in [1.54, 1.807) is 7.11 Å². The van der Waals surface area contributed by atoms with Crippen molar-refractivity contribution >= 4 is 11.8 Å². The van der Waals surface area contributed by atoms with Gasteiger partial charge < -0.3 is 9.47 Å². The number of hydrogen-bond acceptors (Lipinski definition) is 5. The van der Waals surface area contributed by atoms with Crippen molar-refractivity contribution < 1.29 is 19.1 Å². The van der Waals surface area contributed by atoms with E-state index < -0.39 is 0 Å². The lowest BCUT2D eigenvalue weighted by molar-refractivity contribution is -0.139. The summed E-state index contributed by atoms with van der Waals surface area (Å²) in [6.07, 6.45) is 9.90. The Morgan fingerprint density at radius 1 is 1.19 bits per heavy atom. The van der Waals surface area contributed by atoms with Crippen molar-refractivity contribution in [2.24, 2.45) is 11.3 Å². The van der Waals surface area contributed by atoms with Crippen molar-refractivity contribution in [1.29, 1.82) is 0 Å². The van der Waals surface area contributed by atoms with E-state index in [-0.39, 0.29) is 17.2 Å². The number of fused-ring (bicyclic) bond motifs is 1. The Bertz CT molecular complexity index is 794. The van der Waals surface area contributed by atoms with Crippen molar-refractivity contribution in [3.63, 3.8) is 0 Å². The van der Waals surface area contributed by atoms with E-state index >= 15 is 0 Å². The van der Waals surface area contributed by atoms with Crippen molar-refractivity contribution in [2.75, 3.05) is 26.8 Å². The van der Waals surface area contributed by atoms with Gasteiger partial charge in [-0.15, -0.1) is 0 Å². The maximum absolute atomic E-state index is 12.0. The summed E-state index contributed by atoms with van der Waals surface area (Å²) in [5, 5.41) is 2.49. The molecule has 0 bridgehead atoms. The Hall–Kier alpha value is -2.08. The molecule has 4 rings (SSSR count). The van der Waals surface area contributed by atoms with Crippen LogP contribution in [0.4, 0.5) is 0 Å². The second-order valence-electron chi connectivity index (χ2n) is 9.91. The van der Waals surface area contributed by atoms with Gasteiger partial charge in [-0.25, -0.2) is 0 Å². The summed E-state index contributed by atoms with van der Waals surface area (Å²) in [6, 6.07) is 6.41. The highest BCUT2D eigenvalue weighted by Crippen LogP contribution is 2.51. The van der Waals surface area contributed by atoms with Crippen LogP contribution >= 0.6 is 0 Å². The minimum absolute atomic E-state index is 0.0694. The van der Waals surface area contributed by atoms with Gasteiger partial charge in [0.05, 0.1) is 7.11 Å². The van der Waals surface area contributed by atoms with Gasteiger partial charge >= 0.3 is 0 Å². The van der Waals surface area contributed by atoms with E-state index in [1.807, 2.05) is 18.2 Å². The van der Waals surface area contributed by atoms with Crippen LogP contribution in [0.3, 0.4) is 0 Å². The highest BCUT2D eigenvalue weighted by Gasteiger charge is 2.47. The average molecular weight is 443 g/mol. The number of carbonyl (C=O) groups is 2. The van der Waals surface area contributed by atoms with Gasteiger partial charge in [0.1, 0.15) is 18.1 Å². The number of imide groups is 1. The zero-order valence-corrected chi connectivity index (χ0v) is 19.7. The number of nitrogens with zero attached hydrogens (tertiary/aromatic N) is 1. The highest BCUT2D eigenvalue weighted by molar-refractivity contribution is 5.98. The first-order valence-electron chi connectivity index (χ1n) is 12.4. The van der Waals surface area contributed by atoms with E-state index in [4.69, 9.17) is 9.47 Å². The first kappa shape index (κ1) is 23.1. The third-order valence-electron chi connectivity index (χ3n) is 7.85. The molecular formula is C26H38N2O4. The summed E-state index contributed by atoms with van der Waals surface area (Å²) in [7, 11) is 1.72. The quantitative estimate of drug-likeness (QED) is 0.461. The summed E-state index contributed by atoms with van der Waals surface area (Å²) < 4.78 is 11.7. The molecule has 0 radical (unpaired) electrons. The Balaban J connectivity index is 1.31. The van der Waals surface area contributed by atoms with Crippen LogP contribution in [0.2, 0.25) is 0 Å². The largest absolute Gasteiger partial charge is 0.496 e. The number of piperidine rings is 1. The lowest BCUT2D eigenvalue weighted by Gasteiger charge is -2.38. The SMILES string of the molecule is CCCN(CCCCC1CCCC12CC(=O)NC(=O)C2)C1COc2cccc(OC)c2C1. The van der Waals surface area contributed by atoms with Gasteiger partial charge in [0, 0.05) is 24.4 Å². The number of ether oxygens (including phenoxy) is 2. The molecule has 1 aliphatic carbocycles. The molecule has 6 heteroatoms. The van der Waals surface area contributed by atoms with E-state index in [0.717, 1.165) is 82.6 Å². The molecule has 2 amide bonds. The van der Waals surface area contributed by atoms with Gasteiger partial charge in [-0.2, -0.15) is 0 Å². The summed E-state index contributed by atoms with van der Waals surface area (Å²) >= 11 is 0. The number of methoxy groups -OCH3 is 1. The molecule has 176 valence electrons. The molecule has 32 heavy (non-hydrogen) atoms. The summed E-state index contributed by atoms with van der Waals surface area (Å²) in [6.45, 7) is 5.09. The third-order valence-corrected chi connectivity index (χ3v) is 7.85. The van der Waals surface area contributed by atoms with Gasteiger partial charge in [0.25, 0.3) is 0 Å². The first-order valence-corrected chi connectivity index (χ1v) is 12.4. The average Bonchev–Trinajstić information content (AvgIpc) is 3.14. The fourth-order valence-electron chi connectivity index (χ4n) is 6.33. The molecule has 1 saturated heterocycles. The highest BCUT2D eigenvalue weighted by atomic mass is 16.5. The van der Waals surface area contributed by atoms with Crippen molar-refractivity contribution in [1.82, 2.24) is 10.2 Å². The van der Waals surface area contributed by atoms with Gasteiger partial charge in [-0.05, 0) is 75.1 Å². The molecule has 3 aliphatic rings. The van der Waals surface area contributed by atoms with Crippen LogP contribution in [0.25, 0.3) is 0 Å². The normalized spacial score (nSPS) is 24.3. The molecule has 2 fully saturated rings. The third kappa shape index (κ3) is 4.95. The monoisotopic (exact) mass is 442 g/mol. The summed E-state index contributed by atoms with van der Waals surface area (Å²) in [5.41, 5.74) is 1.11. The fourth-order valence-corrected chi connectivity index (χ4v) is 6.33. The van der Waals surface area contributed by atoms with E-state index in [9.17, 15) is 9.59 Å². The van der Waals surface area contributed by atoms with Crippen LogP contribution in [0, 0.1) is 11.3 Å². The molecular weight excluding hydrogens is 404 g/mol. The molecule has 2 heterocycles. The number of hydrogen-bond donors (Lipinski definition) is 1. The molecule has 1 aromatic carbocycles. The van der Waals surface area contributed by atoms with Gasteiger partial charge in [0.2, 0.25) is 11.8 Å². The number of carbonyl (C=O) groups excluding carboxylic acids is 2. The number of rotatable bonds is 9.